The van der Waals surface area contributed by atoms with E-state index >= 15 is 0 Å². The molecule has 11 heavy (non-hydrogen) atoms. The van der Waals surface area contributed by atoms with Crippen molar-refractivity contribution in [2.24, 2.45) is 0 Å². The van der Waals surface area contributed by atoms with E-state index in [2.05, 4.69) is 9.97 Å². The van der Waals surface area contributed by atoms with E-state index < -0.39 is 5.24 Å². The van der Waals surface area contributed by atoms with Crippen molar-refractivity contribution < 1.29 is 4.79 Å². The van der Waals surface area contributed by atoms with Gasteiger partial charge in [-0.25, -0.2) is 4.98 Å². The Morgan fingerprint density at radius 3 is 2.36 bits per heavy atom. The predicted octanol–water partition coefficient (Wildman–Crippen LogP) is 1.88. The number of carbonyl (C=O) groups excluding carboxylic acids is 1. The van der Waals surface area contributed by atoms with Gasteiger partial charge < -0.3 is 0 Å². The van der Waals surface area contributed by atoms with E-state index in [1.807, 2.05) is 13.8 Å². The van der Waals surface area contributed by atoms with Gasteiger partial charge in [0.15, 0.2) is 0 Å². The van der Waals surface area contributed by atoms with E-state index in [0.717, 1.165) is 0 Å². The highest BCUT2D eigenvalue weighted by molar-refractivity contribution is 6.67. The Kier molecular flexibility index (Phi) is 5.29. The molecule has 3 nitrogen and oxygen atoms in total. The molecule has 60 valence electrons. The van der Waals surface area contributed by atoms with Crippen LogP contribution in [0.1, 0.15) is 24.3 Å². The number of aromatic nitrogens is 2. The first-order valence-corrected chi connectivity index (χ1v) is 3.64. The highest BCUT2D eigenvalue weighted by atomic mass is 35.5. The lowest BCUT2D eigenvalue weighted by molar-refractivity contribution is 0.107. The topological polar surface area (TPSA) is 42.9 Å². The van der Waals surface area contributed by atoms with Gasteiger partial charge in [0.25, 0.3) is 5.24 Å². The van der Waals surface area contributed by atoms with Crippen molar-refractivity contribution in [3.05, 3.63) is 24.3 Å². The zero-order chi connectivity index (χ0) is 8.69. The maximum Gasteiger partial charge on any atom is 0.272 e. The maximum absolute atomic E-state index is 10.3. The van der Waals surface area contributed by atoms with Crippen molar-refractivity contribution >= 4 is 16.8 Å². The van der Waals surface area contributed by atoms with Crippen LogP contribution < -0.4 is 0 Å². The summed E-state index contributed by atoms with van der Waals surface area (Å²) >= 11 is 5.06. The van der Waals surface area contributed by atoms with Gasteiger partial charge in [0.2, 0.25) is 0 Å². The first kappa shape index (κ1) is 10.0. The summed E-state index contributed by atoms with van der Waals surface area (Å²) in [5, 5.41) is -0.580. The van der Waals surface area contributed by atoms with Gasteiger partial charge in [-0.3, -0.25) is 9.78 Å². The normalized spacial score (nSPS) is 7.91. The van der Waals surface area contributed by atoms with Crippen molar-refractivity contribution in [3.8, 4) is 0 Å². The first-order chi connectivity index (χ1) is 5.30. The van der Waals surface area contributed by atoms with Crippen LogP contribution in [0, 0.1) is 0 Å². The fraction of sp³-hybridized carbons (Fsp3) is 0.286. The van der Waals surface area contributed by atoms with Crippen molar-refractivity contribution in [1.82, 2.24) is 9.97 Å². The van der Waals surface area contributed by atoms with Crippen LogP contribution in [0.2, 0.25) is 0 Å². The Hall–Kier alpha value is -0.960. The number of rotatable bonds is 1. The molecule has 0 spiro atoms. The summed E-state index contributed by atoms with van der Waals surface area (Å²) in [6.45, 7) is 4.00. The molecule has 0 unspecified atom stereocenters. The monoisotopic (exact) mass is 172 g/mol. The van der Waals surface area contributed by atoms with Crippen molar-refractivity contribution in [2.45, 2.75) is 13.8 Å². The molecular formula is C7H9ClN2O. The standard InChI is InChI=1S/C5H3ClN2O.C2H6/c6-5(9)4-3-7-1-2-8-4;1-2/h1-3H;1-2H3. The van der Waals surface area contributed by atoms with Crippen LogP contribution in [0.3, 0.4) is 0 Å². The fourth-order valence-electron chi connectivity index (χ4n) is 0.401. The molecule has 1 aromatic rings. The molecule has 0 saturated carbocycles. The van der Waals surface area contributed by atoms with Crippen molar-refractivity contribution in [2.75, 3.05) is 0 Å². The summed E-state index contributed by atoms with van der Waals surface area (Å²) in [5.41, 5.74) is 0.180. The van der Waals surface area contributed by atoms with Crippen LogP contribution >= 0.6 is 11.6 Å². The summed E-state index contributed by atoms with van der Waals surface area (Å²) in [6, 6.07) is 0. The third-order valence-electron chi connectivity index (χ3n) is 0.765. The molecule has 0 atom stereocenters. The molecule has 0 aliphatic rings. The van der Waals surface area contributed by atoms with Gasteiger partial charge >= 0.3 is 0 Å². The molecule has 1 aromatic heterocycles. The van der Waals surface area contributed by atoms with E-state index in [-0.39, 0.29) is 5.69 Å². The Morgan fingerprint density at radius 1 is 1.45 bits per heavy atom. The van der Waals surface area contributed by atoms with Crippen LogP contribution in [0.15, 0.2) is 18.6 Å². The second kappa shape index (κ2) is 5.80. The Balaban J connectivity index is 0.000000461. The zero-order valence-corrected chi connectivity index (χ0v) is 7.17. The van der Waals surface area contributed by atoms with Gasteiger partial charge in [-0.15, -0.1) is 0 Å². The van der Waals surface area contributed by atoms with Gasteiger partial charge in [0, 0.05) is 12.4 Å². The van der Waals surface area contributed by atoms with Crippen LogP contribution in [-0.4, -0.2) is 15.2 Å². The Bertz CT molecular complexity index is 213. The summed E-state index contributed by atoms with van der Waals surface area (Å²) in [7, 11) is 0. The molecule has 0 saturated heterocycles. The molecule has 0 N–H and O–H groups in total. The molecule has 0 bridgehead atoms. The molecule has 0 aliphatic carbocycles. The second-order valence-corrected chi connectivity index (χ2v) is 1.71. The summed E-state index contributed by atoms with van der Waals surface area (Å²) in [6.07, 6.45) is 4.20. The molecule has 1 heterocycles. The number of hydrogen-bond acceptors (Lipinski definition) is 3. The number of halogens is 1. The minimum Gasteiger partial charge on any atom is -0.274 e. The van der Waals surface area contributed by atoms with E-state index in [1.165, 1.54) is 18.6 Å². The lowest BCUT2D eigenvalue weighted by atomic mass is 10.5. The summed E-state index contributed by atoms with van der Waals surface area (Å²) < 4.78 is 0. The molecule has 1 rings (SSSR count). The highest BCUT2D eigenvalue weighted by Gasteiger charge is 1.99. The van der Waals surface area contributed by atoms with E-state index in [0.29, 0.717) is 0 Å². The van der Waals surface area contributed by atoms with Gasteiger partial charge in [0.1, 0.15) is 5.69 Å². The molecule has 0 aliphatic heterocycles. The molecule has 0 amide bonds. The second-order valence-electron chi connectivity index (χ2n) is 1.36. The minimum absolute atomic E-state index is 0.180. The van der Waals surface area contributed by atoms with E-state index in [4.69, 9.17) is 11.6 Å². The maximum atomic E-state index is 10.3. The number of nitrogens with zero attached hydrogens (tertiary/aromatic N) is 2. The third-order valence-corrected chi connectivity index (χ3v) is 0.958. The average Bonchev–Trinajstić information content (AvgIpc) is 2.10. The van der Waals surface area contributed by atoms with Gasteiger partial charge in [-0.1, -0.05) is 13.8 Å². The molecular weight excluding hydrogens is 164 g/mol. The van der Waals surface area contributed by atoms with Gasteiger partial charge in [-0.2, -0.15) is 0 Å². The van der Waals surface area contributed by atoms with Crippen LogP contribution in [-0.2, 0) is 0 Å². The summed E-state index contributed by atoms with van der Waals surface area (Å²) in [5.74, 6) is 0. The molecule has 0 fully saturated rings. The Morgan fingerprint density at radius 2 is 2.09 bits per heavy atom. The lowest BCUT2D eigenvalue weighted by Gasteiger charge is -1.85. The number of carbonyl (C=O) groups is 1. The highest BCUT2D eigenvalue weighted by Crippen LogP contribution is 1.94. The van der Waals surface area contributed by atoms with Gasteiger partial charge in [-0.05, 0) is 11.6 Å². The minimum atomic E-state index is -0.580. The van der Waals surface area contributed by atoms with Gasteiger partial charge in [0.05, 0.1) is 6.20 Å². The predicted molar refractivity (Wildman–Crippen MR) is 43.6 cm³/mol. The Labute approximate surface area is 70.4 Å². The van der Waals surface area contributed by atoms with Crippen LogP contribution in [0.25, 0.3) is 0 Å². The zero-order valence-electron chi connectivity index (χ0n) is 6.41. The van der Waals surface area contributed by atoms with Crippen molar-refractivity contribution in [1.29, 1.82) is 0 Å². The quantitative estimate of drug-likeness (QED) is 0.608. The largest absolute Gasteiger partial charge is 0.274 e. The van der Waals surface area contributed by atoms with E-state index in [9.17, 15) is 4.79 Å². The van der Waals surface area contributed by atoms with Crippen LogP contribution in [0.5, 0.6) is 0 Å². The molecule has 4 heteroatoms. The SMILES string of the molecule is CC.O=C(Cl)c1cnccn1. The smallest absolute Gasteiger partial charge is 0.272 e. The third kappa shape index (κ3) is 3.68. The summed E-state index contributed by atoms with van der Waals surface area (Å²) in [4.78, 5) is 17.6. The van der Waals surface area contributed by atoms with Crippen LogP contribution in [0.4, 0.5) is 0 Å². The van der Waals surface area contributed by atoms with Crippen molar-refractivity contribution in [3.63, 3.8) is 0 Å². The molecule has 0 aromatic carbocycles. The first-order valence-electron chi connectivity index (χ1n) is 3.26. The lowest BCUT2D eigenvalue weighted by Crippen LogP contribution is -1.92. The van der Waals surface area contributed by atoms with E-state index in [1.54, 1.807) is 0 Å². The molecule has 0 radical (unpaired) electrons. The fourth-order valence-corrected chi connectivity index (χ4v) is 0.498. The average molecular weight is 173 g/mol. The number of hydrogen-bond donors (Lipinski definition) is 0.